The number of carbonyl (C=O) groups is 1. The standard InChI is InChI=1S/C25H35N3O2/c1-19-9-10-20(2)23(17-19)30-16-6-11-27-12-14-28(15-13-27)18-24(29)26-25-21(3)7-5-8-22(25)4/h5,7-10,17H,6,11-16,18H2,1-4H3,(H,26,29). The Bertz CT molecular complexity index is 837. The lowest BCUT2D eigenvalue weighted by Crippen LogP contribution is -2.48. The average Bonchev–Trinajstić information content (AvgIpc) is 2.72. The zero-order chi connectivity index (χ0) is 21.5. The van der Waals surface area contributed by atoms with Crippen molar-refractivity contribution < 1.29 is 9.53 Å². The van der Waals surface area contributed by atoms with Gasteiger partial charge in [-0.1, -0.05) is 30.3 Å². The fourth-order valence-electron chi connectivity index (χ4n) is 3.90. The van der Waals surface area contributed by atoms with Crippen LogP contribution in [-0.2, 0) is 4.79 Å². The van der Waals surface area contributed by atoms with E-state index in [4.69, 9.17) is 4.74 Å². The van der Waals surface area contributed by atoms with Crippen LogP contribution in [0.4, 0.5) is 5.69 Å². The molecule has 0 aromatic heterocycles. The van der Waals surface area contributed by atoms with Crippen LogP contribution in [0.25, 0.3) is 0 Å². The third-order valence-electron chi connectivity index (χ3n) is 5.80. The van der Waals surface area contributed by atoms with E-state index < -0.39 is 0 Å². The van der Waals surface area contributed by atoms with Gasteiger partial charge in [-0.2, -0.15) is 0 Å². The number of para-hydroxylation sites is 1. The summed E-state index contributed by atoms with van der Waals surface area (Å²) in [5.41, 5.74) is 5.58. The SMILES string of the molecule is Cc1ccc(C)c(OCCCN2CCN(CC(=O)Nc3c(C)cccc3C)CC2)c1. The number of aryl methyl sites for hydroxylation is 4. The molecular weight excluding hydrogens is 374 g/mol. The Balaban J connectivity index is 1.34. The van der Waals surface area contributed by atoms with E-state index >= 15 is 0 Å². The molecule has 1 fully saturated rings. The fraction of sp³-hybridized carbons (Fsp3) is 0.480. The summed E-state index contributed by atoms with van der Waals surface area (Å²) in [6.45, 7) is 14.3. The molecule has 2 aromatic rings. The molecule has 0 spiro atoms. The van der Waals surface area contributed by atoms with Crippen LogP contribution in [0, 0.1) is 27.7 Å². The van der Waals surface area contributed by atoms with E-state index in [2.05, 4.69) is 47.2 Å². The lowest BCUT2D eigenvalue weighted by molar-refractivity contribution is -0.117. The molecule has 1 aliphatic rings. The van der Waals surface area contributed by atoms with Gasteiger partial charge < -0.3 is 15.0 Å². The highest BCUT2D eigenvalue weighted by molar-refractivity contribution is 5.93. The van der Waals surface area contributed by atoms with Crippen LogP contribution in [0.15, 0.2) is 36.4 Å². The summed E-state index contributed by atoms with van der Waals surface area (Å²) in [6, 6.07) is 12.4. The molecule has 30 heavy (non-hydrogen) atoms. The van der Waals surface area contributed by atoms with E-state index in [1.54, 1.807) is 0 Å². The number of hydrogen-bond acceptors (Lipinski definition) is 4. The van der Waals surface area contributed by atoms with Gasteiger partial charge in [-0.25, -0.2) is 0 Å². The maximum atomic E-state index is 12.5. The van der Waals surface area contributed by atoms with Gasteiger partial charge in [-0.05, 0) is 62.4 Å². The monoisotopic (exact) mass is 409 g/mol. The molecule has 5 heteroatoms. The minimum atomic E-state index is 0.0720. The first-order valence-electron chi connectivity index (χ1n) is 10.9. The van der Waals surface area contributed by atoms with Gasteiger partial charge in [0.15, 0.2) is 0 Å². The van der Waals surface area contributed by atoms with Gasteiger partial charge in [0.25, 0.3) is 0 Å². The second-order valence-corrected chi connectivity index (χ2v) is 8.40. The first-order valence-corrected chi connectivity index (χ1v) is 10.9. The summed E-state index contributed by atoms with van der Waals surface area (Å²) in [5, 5.41) is 3.09. The predicted molar refractivity (Wildman–Crippen MR) is 123 cm³/mol. The molecule has 1 saturated heterocycles. The predicted octanol–water partition coefficient (Wildman–Crippen LogP) is 3.95. The number of nitrogens with zero attached hydrogens (tertiary/aromatic N) is 2. The Morgan fingerprint density at radius 3 is 2.30 bits per heavy atom. The van der Waals surface area contributed by atoms with Crippen molar-refractivity contribution in [3.63, 3.8) is 0 Å². The Labute approximate surface area is 181 Å². The molecule has 0 atom stereocenters. The molecule has 0 unspecified atom stereocenters. The minimum Gasteiger partial charge on any atom is -0.493 e. The first kappa shape index (κ1) is 22.3. The highest BCUT2D eigenvalue weighted by Gasteiger charge is 2.19. The van der Waals surface area contributed by atoms with E-state index in [1.165, 1.54) is 11.1 Å². The molecule has 1 aliphatic heterocycles. The molecule has 0 radical (unpaired) electrons. The van der Waals surface area contributed by atoms with Crippen LogP contribution >= 0.6 is 0 Å². The van der Waals surface area contributed by atoms with Crippen molar-refractivity contribution in [3.05, 3.63) is 58.7 Å². The Kier molecular flexibility index (Phi) is 7.88. The number of benzene rings is 2. The van der Waals surface area contributed by atoms with Gasteiger partial charge in [0.1, 0.15) is 5.75 Å². The van der Waals surface area contributed by atoms with Crippen LogP contribution in [-0.4, -0.2) is 61.6 Å². The van der Waals surface area contributed by atoms with Gasteiger partial charge in [0.2, 0.25) is 5.91 Å². The topological polar surface area (TPSA) is 44.8 Å². The molecule has 0 bridgehead atoms. The smallest absolute Gasteiger partial charge is 0.238 e. The number of carbonyl (C=O) groups excluding carboxylic acids is 1. The van der Waals surface area contributed by atoms with E-state index in [-0.39, 0.29) is 5.91 Å². The van der Waals surface area contributed by atoms with Crippen LogP contribution < -0.4 is 10.1 Å². The lowest BCUT2D eigenvalue weighted by Gasteiger charge is -2.34. The fourth-order valence-corrected chi connectivity index (χ4v) is 3.90. The van der Waals surface area contributed by atoms with Crippen molar-refractivity contribution in [1.29, 1.82) is 0 Å². The number of hydrogen-bond donors (Lipinski definition) is 1. The Hall–Kier alpha value is -2.37. The molecule has 162 valence electrons. The largest absolute Gasteiger partial charge is 0.493 e. The quantitative estimate of drug-likeness (QED) is 0.671. The Morgan fingerprint density at radius 2 is 1.60 bits per heavy atom. The highest BCUT2D eigenvalue weighted by Crippen LogP contribution is 2.20. The zero-order valence-corrected chi connectivity index (χ0v) is 18.8. The van der Waals surface area contributed by atoms with E-state index in [1.807, 2.05) is 32.0 Å². The van der Waals surface area contributed by atoms with Crippen LogP contribution in [0.5, 0.6) is 5.75 Å². The molecule has 3 rings (SSSR count). The third kappa shape index (κ3) is 6.31. The molecule has 1 N–H and O–H groups in total. The van der Waals surface area contributed by atoms with Crippen LogP contribution in [0.1, 0.15) is 28.7 Å². The number of piperazine rings is 1. The summed E-state index contributed by atoms with van der Waals surface area (Å²) in [6.07, 6.45) is 1.01. The van der Waals surface area contributed by atoms with Gasteiger partial charge in [-0.15, -0.1) is 0 Å². The summed E-state index contributed by atoms with van der Waals surface area (Å²) in [4.78, 5) is 17.2. The number of rotatable bonds is 8. The van der Waals surface area contributed by atoms with Crippen LogP contribution in [0.3, 0.4) is 0 Å². The summed E-state index contributed by atoms with van der Waals surface area (Å²) in [7, 11) is 0. The molecular formula is C25H35N3O2. The van der Waals surface area contributed by atoms with Crippen molar-refractivity contribution >= 4 is 11.6 Å². The normalized spacial score (nSPS) is 15.2. The number of nitrogens with one attached hydrogen (secondary N) is 1. The second-order valence-electron chi connectivity index (χ2n) is 8.40. The van der Waals surface area contributed by atoms with Gasteiger partial charge in [0.05, 0.1) is 13.2 Å². The van der Waals surface area contributed by atoms with Crippen molar-refractivity contribution in [3.8, 4) is 5.75 Å². The minimum absolute atomic E-state index is 0.0720. The van der Waals surface area contributed by atoms with E-state index in [0.717, 1.165) is 68.3 Å². The molecule has 0 saturated carbocycles. The van der Waals surface area contributed by atoms with Crippen molar-refractivity contribution in [2.75, 3.05) is 51.2 Å². The van der Waals surface area contributed by atoms with Gasteiger partial charge >= 0.3 is 0 Å². The molecule has 2 aromatic carbocycles. The van der Waals surface area contributed by atoms with Crippen molar-refractivity contribution in [2.24, 2.45) is 0 Å². The number of ether oxygens (including phenoxy) is 1. The lowest BCUT2D eigenvalue weighted by atomic mass is 10.1. The van der Waals surface area contributed by atoms with Crippen LogP contribution in [0.2, 0.25) is 0 Å². The number of amides is 1. The second kappa shape index (κ2) is 10.6. The third-order valence-corrected chi connectivity index (χ3v) is 5.80. The van der Waals surface area contributed by atoms with Crippen molar-refractivity contribution in [2.45, 2.75) is 34.1 Å². The summed E-state index contributed by atoms with van der Waals surface area (Å²) < 4.78 is 5.97. The van der Waals surface area contributed by atoms with Crippen molar-refractivity contribution in [1.82, 2.24) is 9.80 Å². The highest BCUT2D eigenvalue weighted by atomic mass is 16.5. The zero-order valence-electron chi connectivity index (χ0n) is 18.8. The molecule has 5 nitrogen and oxygen atoms in total. The van der Waals surface area contributed by atoms with E-state index in [0.29, 0.717) is 6.54 Å². The molecule has 0 aliphatic carbocycles. The van der Waals surface area contributed by atoms with Gasteiger partial charge in [-0.3, -0.25) is 9.69 Å². The molecule has 1 heterocycles. The summed E-state index contributed by atoms with van der Waals surface area (Å²) >= 11 is 0. The first-order chi connectivity index (χ1) is 14.4. The summed E-state index contributed by atoms with van der Waals surface area (Å²) in [5.74, 6) is 1.07. The molecule has 1 amide bonds. The Morgan fingerprint density at radius 1 is 0.933 bits per heavy atom. The maximum Gasteiger partial charge on any atom is 0.238 e. The van der Waals surface area contributed by atoms with E-state index in [9.17, 15) is 4.79 Å². The number of anilines is 1. The maximum absolute atomic E-state index is 12.5. The average molecular weight is 410 g/mol. The van der Waals surface area contributed by atoms with Gasteiger partial charge in [0, 0.05) is 38.4 Å².